The summed E-state index contributed by atoms with van der Waals surface area (Å²) in [4.78, 5) is -0.533. The first-order chi connectivity index (χ1) is 15.0. The maximum Gasteiger partial charge on any atom is 3.00 e. The van der Waals surface area contributed by atoms with Crippen LogP contribution >= 0.6 is 0 Å². The van der Waals surface area contributed by atoms with Gasteiger partial charge in [0.1, 0.15) is 30.4 Å². The van der Waals surface area contributed by atoms with E-state index in [1.165, 1.54) is 36.4 Å². The largest absolute Gasteiger partial charge is 3.00 e. The van der Waals surface area contributed by atoms with Crippen molar-refractivity contribution in [1.29, 1.82) is 0 Å². The molecule has 0 atom stereocenters. The van der Waals surface area contributed by atoms with Gasteiger partial charge in [-0.1, -0.05) is 53.1 Å². The number of rotatable bonds is 3. The Morgan fingerprint density at radius 2 is 0.559 bits per heavy atom. The minimum atomic E-state index is -4.27. The van der Waals surface area contributed by atoms with E-state index in [2.05, 4.69) is 0 Å². The molecule has 0 amide bonds. The van der Waals surface area contributed by atoms with Crippen LogP contribution in [0.1, 0.15) is 16.7 Å². The van der Waals surface area contributed by atoms with Gasteiger partial charge in [0, 0.05) is 0 Å². The van der Waals surface area contributed by atoms with Gasteiger partial charge >= 0.3 is 41.3 Å². The zero-order valence-electron chi connectivity index (χ0n) is 18.4. The van der Waals surface area contributed by atoms with Crippen molar-refractivity contribution in [1.82, 2.24) is 0 Å². The van der Waals surface area contributed by atoms with Crippen molar-refractivity contribution in [2.24, 2.45) is 0 Å². The summed E-state index contributed by atoms with van der Waals surface area (Å²) in [7, 11) is -12.8. The standard InChI is InChI=1S/3C7H8O3S.Pr/c3*1-6-2-4-7(5-3-6)11(8,9)10;/h3*2-5H,1H3,(H,8,9,10);/q;;;+3/p-3. The minimum absolute atomic E-state index is 0. The van der Waals surface area contributed by atoms with Crippen molar-refractivity contribution in [3.8, 4) is 0 Å². The molecular formula is C21H21O9PrS3. The van der Waals surface area contributed by atoms with Crippen LogP contribution in [-0.4, -0.2) is 38.9 Å². The molecule has 9 nitrogen and oxygen atoms in total. The predicted molar refractivity (Wildman–Crippen MR) is 117 cm³/mol. The first-order valence-corrected chi connectivity index (χ1v) is 13.3. The van der Waals surface area contributed by atoms with Crippen LogP contribution in [0.15, 0.2) is 87.5 Å². The number of aryl methyl sites for hydroxylation is 3. The molecule has 3 aromatic carbocycles. The fraction of sp³-hybridized carbons (Fsp3) is 0.143. The van der Waals surface area contributed by atoms with Crippen molar-refractivity contribution in [2.75, 3.05) is 0 Å². The molecular weight excluding hydrogens is 633 g/mol. The zero-order chi connectivity index (χ0) is 25.4. The van der Waals surface area contributed by atoms with Gasteiger partial charge in [-0.3, -0.25) is 0 Å². The van der Waals surface area contributed by atoms with E-state index in [1.54, 1.807) is 36.4 Å². The summed E-state index contributed by atoms with van der Waals surface area (Å²) in [5.74, 6) is 0. The van der Waals surface area contributed by atoms with Gasteiger partial charge in [-0.2, -0.15) is 0 Å². The SMILES string of the molecule is Cc1ccc(S(=O)(=O)[O-])cc1.Cc1ccc(S(=O)(=O)[O-])cc1.Cc1ccc(S(=O)(=O)[O-])cc1.[Pr+3]. The molecule has 3 aromatic rings. The maximum atomic E-state index is 10.4. The van der Waals surface area contributed by atoms with E-state index in [4.69, 9.17) is 0 Å². The van der Waals surface area contributed by atoms with Crippen molar-refractivity contribution in [2.45, 2.75) is 35.5 Å². The molecule has 0 radical (unpaired) electrons. The molecule has 13 heteroatoms. The molecule has 0 unspecified atom stereocenters. The summed E-state index contributed by atoms with van der Waals surface area (Å²) >= 11 is 0. The fourth-order valence-electron chi connectivity index (χ4n) is 2.11. The van der Waals surface area contributed by atoms with Crippen LogP contribution in [0.5, 0.6) is 0 Å². The van der Waals surface area contributed by atoms with E-state index in [0.717, 1.165) is 16.7 Å². The monoisotopic (exact) mass is 654 g/mol. The van der Waals surface area contributed by atoms with Crippen molar-refractivity contribution < 1.29 is 80.2 Å². The molecule has 0 aliphatic carbocycles. The third-order valence-electron chi connectivity index (χ3n) is 3.93. The third-order valence-corrected chi connectivity index (χ3v) is 6.48. The molecule has 0 aliphatic heterocycles. The Balaban J connectivity index is 0.000000473. The van der Waals surface area contributed by atoms with E-state index in [1.807, 2.05) is 20.8 Å². The van der Waals surface area contributed by atoms with Gasteiger partial charge in [0.25, 0.3) is 0 Å². The predicted octanol–water partition coefficient (Wildman–Crippen LogP) is 2.70. The quantitative estimate of drug-likeness (QED) is 0.385. The Bertz CT molecular complexity index is 1190. The maximum absolute atomic E-state index is 10.4. The molecule has 0 spiro atoms. The van der Waals surface area contributed by atoms with E-state index < -0.39 is 30.4 Å². The molecule has 0 heterocycles. The number of hydrogen-bond acceptors (Lipinski definition) is 9. The molecule has 34 heavy (non-hydrogen) atoms. The summed E-state index contributed by atoms with van der Waals surface area (Å²) in [5, 5.41) is 0. The molecule has 0 saturated carbocycles. The molecule has 3 rings (SSSR count). The van der Waals surface area contributed by atoms with Gasteiger partial charge in [-0.05, 0) is 57.2 Å². The Morgan fingerprint density at radius 3 is 0.676 bits per heavy atom. The molecule has 0 fully saturated rings. The van der Waals surface area contributed by atoms with Gasteiger partial charge in [-0.15, -0.1) is 0 Å². The van der Waals surface area contributed by atoms with Crippen molar-refractivity contribution in [3.05, 3.63) is 89.5 Å². The first-order valence-electron chi connectivity index (χ1n) is 9.08. The summed E-state index contributed by atoms with van der Waals surface area (Å²) in [6.45, 7) is 5.46. The minimum Gasteiger partial charge on any atom is -0.744 e. The molecule has 0 bridgehead atoms. The molecule has 0 N–H and O–H groups in total. The van der Waals surface area contributed by atoms with Crippen LogP contribution in [0.4, 0.5) is 0 Å². The van der Waals surface area contributed by atoms with Crippen LogP contribution in [0, 0.1) is 62.1 Å². The van der Waals surface area contributed by atoms with E-state index in [0.29, 0.717) is 0 Å². The average molecular weight is 654 g/mol. The van der Waals surface area contributed by atoms with Gasteiger partial charge < -0.3 is 13.7 Å². The summed E-state index contributed by atoms with van der Waals surface area (Å²) < 4.78 is 93.5. The van der Waals surface area contributed by atoms with E-state index >= 15 is 0 Å². The average Bonchev–Trinajstić information content (AvgIpc) is 2.68. The number of benzene rings is 3. The van der Waals surface area contributed by atoms with Gasteiger partial charge in [0.2, 0.25) is 0 Å². The number of hydrogen-bond donors (Lipinski definition) is 0. The van der Waals surface area contributed by atoms with E-state index in [9.17, 15) is 38.9 Å². The Morgan fingerprint density at radius 1 is 0.412 bits per heavy atom. The van der Waals surface area contributed by atoms with Crippen molar-refractivity contribution in [3.63, 3.8) is 0 Å². The third kappa shape index (κ3) is 12.5. The fourth-order valence-corrected chi connectivity index (χ4v) is 3.52. The van der Waals surface area contributed by atoms with Crippen LogP contribution < -0.4 is 0 Å². The molecule has 0 aromatic heterocycles. The topological polar surface area (TPSA) is 172 Å². The smallest absolute Gasteiger partial charge is 0.744 e. The van der Waals surface area contributed by atoms with Crippen LogP contribution in [0.3, 0.4) is 0 Å². The first kappa shape index (κ1) is 32.8. The second-order valence-electron chi connectivity index (χ2n) is 6.80. The van der Waals surface area contributed by atoms with Gasteiger partial charge in [0.15, 0.2) is 0 Å². The van der Waals surface area contributed by atoms with Gasteiger partial charge in [-0.25, -0.2) is 25.3 Å². The molecule has 0 saturated heterocycles. The zero-order valence-corrected chi connectivity index (χ0v) is 24.6. The molecule has 180 valence electrons. The summed E-state index contributed by atoms with van der Waals surface area (Å²) in [6, 6.07) is 17.3. The Kier molecular flexibility index (Phi) is 13.2. The van der Waals surface area contributed by atoms with Crippen LogP contribution in [-0.2, 0) is 30.4 Å². The summed E-state index contributed by atoms with van der Waals surface area (Å²) in [5.41, 5.74) is 2.78. The van der Waals surface area contributed by atoms with Crippen molar-refractivity contribution >= 4 is 30.4 Å². The normalized spacial score (nSPS) is 11.1. The van der Waals surface area contributed by atoms with E-state index in [-0.39, 0.29) is 56.0 Å². The second kappa shape index (κ2) is 13.7. The Hall–Kier alpha value is -1.25. The molecule has 0 aliphatic rings. The van der Waals surface area contributed by atoms with Crippen LogP contribution in [0.2, 0.25) is 0 Å². The second-order valence-corrected chi connectivity index (χ2v) is 10.9. The summed E-state index contributed by atoms with van der Waals surface area (Å²) in [6.07, 6.45) is 0. The van der Waals surface area contributed by atoms with Crippen LogP contribution in [0.25, 0.3) is 0 Å². The van der Waals surface area contributed by atoms with Gasteiger partial charge in [0.05, 0.1) is 14.7 Å². The Labute approximate surface area is 233 Å².